The van der Waals surface area contributed by atoms with E-state index in [0.717, 1.165) is 17.7 Å². The number of piperazine rings is 1. The summed E-state index contributed by atoms with van der Waals surface area (Å²) < 4.78 is 51.8. The number of amidine groups is 1. The molecular weight excluding hydrogens is 507 g/mol. The van der Waals surface area contributed by atoms with Crippen molar-refractivity contribution in [1.82, 2.24) is 9.80 Å². The molecule has 0 saturated carbocycles. The molecule has 2 aliphatic heterocycles. The van der Waals surface area contributed by atoms with E-state index in [0.29, 0.717) is 54.6 Å². The number of rotatable bonds is 2. The molecule has 0 atom stereocenters. The average Bonchev–Trinajstić information content (AvgIpc) is 3.07. The number of amides is 1. The van der Waals surface area contributed by atoms with Crippen LogP contribution in [0.25, 0.3) is 0 Å². The van der Waals surface area contributed by atoms with Crippen LogP contribution in [0.2, 0.25) is 0 Å². The summed E-state index contributed by atoms with van der Waals surface area (Å²) in [5.74, 6) is 1.69. The number of hydrogen-bond donors (Lipinski definition) is 0. The van der Waals surface area contributed by atoms with E-state index in [9.17, 15) is 18.0 Å². The summed E-state index contributed by atoms with van der Waals surface area (Å²) in [6.07, 6.45) is -4.51. The Morgan fingerprint density at radius 2 is 1.51 bits per heavy atom. The smallest absolute Gasteiger partial charge is 0.416 e. The van der Waals surface area contributed by atoms with E-state index in [-0.39, 0.29) is 22.8 Å². The van der Waals surface area contributed by atoms with E-state index in [2.05, 4.69) is 25.8 Å². The maximum absolute atomic E-state index is 13.5. The zero-order chi connectivity index (χ0) is 27.9. The normalized spacial score (nSPS) is 15.5. The SMILES string of the molecule is COc1ccc2c(c1)C(N1CCN(C(=O)c3ccc(C(C)(C)C)cc3)CC1)=Nc1cc(C(F)(F)F)ccc1O2. The number of carbonyl (C=O) groups is 1. The number of aliphatic imine (C=N–C) groups is 1. The second-order valence-electron chi connectivity index (χ2n) is 10.7. The van der Waals surface area contributed by atoms with Gasteiger partial charge in [0.1, 0.15) is 23.0 Å². The number of ether oxygens (including phenoxy) is 2. The van der Waals surface area contributed by atoms with Gasteiger partial charge in [-0.05, 0) is 59.5 Å². The Balaban J connectivity index is 1.42. The Labute approximate surface area is 225 Å². The summed E-state index contributed by atoms with van der Waals surface area (Å²) in [5, 5.41) is 0. The molecule has 1 fully saturated rings. The van der Waals surface area contributed by atoms with Crippen LogP contribution >= 0.6 is 0 Å². The largest absolute Gasteiger partial charge is 0.497 e. The van der Waals surface area contributed by atoms with Gasteiger partial charge in [-0.15, -0.1) is 0 Å². The minimum absolute atomic E-state index is 0.00515. The van der Waals surface area contributed by atoms with E-state index < -0.39 is 11.7 Å². The van der Waals surface area contributed by atoms with Crippen LogP contribution in [-0.2, 0) is 11.6 Å². The molecule has 9 heteroatoms. The molecule has 3 aromatic carbocycles. The minimum atomic E-state index is -4.51. The van der Waals surface area contributed by atoms with Gasteiger partial charge in [-0.2, -0.15) is 13.2 Å². The number of hydrogen-bond acceptors (Lipinski definition) is 5. The molecule has 2 heterocycles. The van der Waals surface area contributed by atoms with Gasteiger partial charge in [0.15, 0.2) is 5.75 Å². The molecule has 1 amide bonds. The van der Waals surface area contributed by atoms with Gasteiger partial charge in [-0.1, -0.05) is 32.9 Å². The van der Waals surface area contributed by atoms with Crippen molar-refractivity contribution in [2.75, 3.05) is 33.3 Å². The Kier molecular flexibility index (Phi) is 6.78. The van der Waals surface area contributed by atoms with E-state index in [1.807, 2.05) is 29.2 Å². The summed E-state index contributed by atoms with van der Waals surface area (Å²) in [4.78, 5) is 21.6. The number of nitrogens with zero attached hydrogens (tertiary/aromatic N) is 3. The lowest BCUT2D eigenvalue weighted by Crippen LogP contribution is -2.50. The molecule has 0 radical (unpaired) electrons. The van der Waals surface area contributed by atoms with Crippen LogP contribution < -0.4 is 9.47 Å². The molecule has 0 unspecified atom stereocenters. The molecule has 0 aliphatic carbocycles. The monoisotopic (exact) mass is 537 g/mol. The zero-order valence-electron chi connectivity index (χ0n) is 22.3. The first-order valence-electron chi connectivity index (χ1n) is 12.7. The van der Waals surface area contributed by atoms with E-state index in [1.165, 1.54) is 6.07 Å². The topological polar surface area (TPSA) is 54.4 Å². The summed E-state index contributed by atoms with van der Waals surface area (Å²) in [7, 11) is 1.54. The van der Waals surface area contributed by atoms with Gasteiger partial charge in [0, 0.05) is 31.7 Å². The van der Waals surface area contributed by atoms with Crippen LogP contribution in [0.15, 0.2) is 65.7 Å². The van der Waals surface area contributed by atoms with Gasteiger partial charge in [0.2, 0.25) is 0 Å². The van der Waals surface area contributed by atoms with E-state index in [1.54, 1.807) is 30.2 Å². The number of alkyl halides is 3. The first-order valence-corrected chi connectivity index (χ1v) is 12.7. The zero-order valence-corrected chi connectivity index (χ0v) is 22.3. The third kappa shape index (κ3) is 5.44. The first-order chi connectivity index (χ1) is 18.4. The van der Waals surface area contributed by atoms with Crippen molar-refractivity contribution < 1.29 is 27.4 Å². The highest BCUT2D eigenvalue weighted by molar-refractivity contribution is 6.04. The van der Waals surface area contributed by atoms with Crippen LogP contribution in [0.1, 0.15) is 47.8 Å². The molecule has 6 nitrogen and oxygen atoms in total. The number of halogens is 3. The fourth-order valence-electron chi connectivity index (χ4n) is 4.72. The summed E-state index contributed by atoms with van der Waals surface area (Å²) in [6, 6.07) is 16.2. The summed E-state index contributed by atoms with van der Waals surface area (Å²) in [6.45, 7) is 8.16. The minimum Gasteiger partial charge on any atom is -0.497 e. The third-order valence-electron chi connectivity index (χ3n) is 7.02. The van der Waals surface area contributed by atoms with Crippen molar-refractivity contribution in [3.05, 3.63) is 82.9 Å². The van der Waals surface area contributed by atoms with Crippen LogP contribution in [0, 0.1) is 0 Å². The maximum Gasteiger partial charge on any atom is 0.416 e. The lowest BCUT2D eigenvalue weighted by Gasteiger charge is -2.36. The van der Waals surface area contributed by atoms with Gasteiger partial charge < -0.3 is 19.3 Å². The molecule has 204 valence electrons. The molecule has 2 aliphatic rings. The van der Waals surface area contributed by atoms with Crippen molar-refractivity contribution in [2.24, 2.45) is 4.99 Å². The number of carbonyl (C=O) groups excluding carboxylic acids is 1. The molecule has 39 heavy (non-hydrogen) atoms. The second-order valence-corrected chi connectivity index (χ2v) is 10.7. The predicted molar refractivity (Wildman–Crippen MR) is 143 cm³/mol. The standard InChI is InChI=1S/C30H30F3N3O3/c1-29(2,3)20-7-5-19(6-8-20)28(37)36-15-13-35(14-16-36)27-23-18-22(38-4)10-12-25(23)39-26-11-9-21(30(31,32)33)17-24(26)34-27/h5-12,17-18H,13-16H2,1-4H3. The molecule has 1 saturated heterocycles. The Morgan fingerprint density at radius 1 is 0.872 bits per heavy atom. The van der Waals surface area contributed by atoms with E-state index in [4.69, 9.17) is 9.47 Å². The van der Waals surface area contributed by atoms with Crippen molar-refractivity contribution in [3.8, 4) is 17.2 Å². The van der Waals surface area contributed by atoms with Crippen LogP contribution in [0.5, 0.6) is 17.2 Å². The molecule has 0 spiro atoms. The lowest BCUT2D eigenvalue weighted by atomic mass is 9.86. The van der Waals surface area contributed by atoms with Gasteiger partial charge in [0.05, 0.1) is 18.2 Å². The van der Waals surface area contributed by atoms with E-state index >= 15 is 0 Å². The van der Waals surface area contributed by atoms with Gasteiger partial charge in [-0.3, -0.25) is 4.79 Å². The average molecular weight is 538 g/mol. The summed E-state index contributed by atoms with van der Waals surface area (Å²) in [5.41, 5.74) is 1.67. The lowest BCUT2D eigenvalue weighted by molar-refractivity contribution is -0.137. The molecule has 3 aromatic rings. The molecule has 0 N–H and O–H groups in total. The first kappa shape index (κ1) is 26.6. The predicted octanol–water partition coefficient (Wildman–Crippen LogP) is 6.65. The van der Waals surface area contributed by atoms with Crippen LogP contribution in [-0.4, -0.2) is 54.8 Å². The third-order valence-corrected chi connectivity index (χ3v) is 7.02. The quantitative estimate of drug-likeness (QED) is 0.367. The molecular formula is C30H30F3N3O3. The van der Waals surface area contributed by atoms with Crippen molar-refractivity contribution >= 4 is 17.4 Å². The van der Waals surface area contributed by atoms with Crippen LogP contribution in [0.4, 0.5) is 18.9 Å². The Bertz CT molecular complexity index is 1420. The number of fused-ring (bicyclic) bond motifs is 2. The fourth-order valence-corrected chi connectivity index (χ4v) is 4.72. The van der Waals surface area contributed by atoms with Gasteiger partial charge in [0.25, 0.3) is 5.91 Å². The number of benzene rings is 3. The molecule has 0 aromatic heterocycles. The van der Waals surface area contributed by atoms with Crippen molar-refractivity contribution in [2.45, 2.75) is 32.4 Å². The van der Waals surface area contributed by atoms with Crippen molar-refractivity contribution in [1.29, 1.82) is 0 Å². The maximum atomic E-state index is 13.5. The highest BCUT2D eigenvalue weighted by Crippen LogP contribution is 2.42. The Hall–Kier alpha value is -4.01. The second kappa shape index (κ2) is 9.94. The van der Waals surface area contributed by atoms with Crippen molar-refractivity contribution in [3.63, 3.8) is 0 Å². The van der Waals surface area contributed by atoms with Gasteiger partial charge >= 0.3 is 6.18 Å². The highest BCUT2D eigenvalue weighted by atomic mass is 19.4. The molecule has 0 bridgehead atoms. The molecule has 5 rings (SSSR count). The fraction of sp³-hybridized carbons (Fsp3) is 0.333. The summed E-state index contributed by atoms with van der Waals surface area (Å²) >= 11 is 0. The Morgan fingerprint density at radius 3 is 2.13 bits per heavy atom. The van der Waals surface area contributed by atoms with Crippen LogP contribution in [0.3, 0.4) is 0 Å². The highest BCUT2D eigenvalue weighted by Gasteiger charge is 2.33. The number of methoxy groups -OCH3 is 1. The van der Waals surface area contributed by atoms with Gasteiger partial charge in [-0.25, -0.2) is 4.99 Å².